The van der Waals surface area contributed by atoms with Crippen molar-refractivity contribution in [2.75, 3.05) is 5.32 Å². The number of benzene rings is 2. The van der Waals surface area contributed by atoms with Crippen LogP contribution in [0.15, 0.2) is 59.7 Å². The van der Waals surface area contributed by atoms with E-state index in [9.17, 15) is 9.59 Å². The molecule has 0 saturated carbocycles. The fourth-order valence-electron chi connectivity index (χ4n) is 3.19. The maximum absolute atomic E-state index is 13.0. The van der Waals surface area contributed by atoms with Crippen LogP contribution in [0, 0.1) is 13.8 Å². The second-order valence-electron chi connectivity index (χ2n) is 7.12. The number of thiophene rings is 1. The van der Waals surface area contributed by atoms with Gasteiger partial charge in [-0.15, -0.1) is 11.3 Å². The molecule has 6 nitrogen and oxygen atoms in total. The third kappa shape index (κ3) is 3.84. The molecule has 0 fully saturated rings. The van der Waals surface area contributed by atoms with Crippen LogP contribution in [0.4, 0.5) is 5.69 Å². The fraction of sp³-hybridized carbons (Fsp3) is 0.174. The molecule has 2 aromatic carbocycles. The predicted octanol–water partition coefficient (Wildman–Crippen LogP) is 4.44. The van der Waals surface area contributed by atoms with Gasteiger partial charge in [0.1, 0.15) is 17.2 Å². The van der Waals surface area contributed by atoms with E-state index in [-0.39, 0.29) is 11.5 Å². The Bertz CT molecular complexity index is 1290. The molecule has 0 aliphatic rings. The average molecular weight is 420 g/mol. The van der Waals surface area contributed by atoms with E-state index in [4.69, 9.17) is 4.74 Å². The van der Waals surface area contributed by atoms with Crippen molar-refractivity contribution in [1.82, 2.24) is 9.55 Å². The molecule has 2 aromatic heterocycles. The number of nitrogens with zero attached hydrogens (tertiary/aromatic N) is 2. The Balaban J connectivity index is 1.62. The SMILES string of the molecule is Cc1ccc(NC(=O)c2sc3ncn(C)c(=O)c3c2C)c(OCc2ccccc2)c1. The number of hydrogen-bond donors (Lipinski definition) is 1. The number of nitrogens with one attached hydrogen (secondary N) is 1. The number of amides is 1. The summed E-state index contributed by atoms with van der Waals surface area (Å²) in [5.74, 6) is 0.311. The highest BCUT2D eigenvalue weighted by Gasteiger charge is 2.20. The van der Waals surface area contributed by atoms with Gasteiger partial charge in [0.2, 0.25) is 0 Å². The lowest BCUT2D eigenvalue weighted by molar-refractivity contribution is 0.102. The average Bonchev–Trinajstić information content (AvgIpc) is 3.09. The number of carbonyl (C=O) groups is 1. The summed E-state index contributed by atoms with van der Waals surface area (Å²) in [6.45, 7) is 4.15. The number of rotatable bonds is 5. The molecule has 4 rings (SSSR count). The van der Waals surface area contributed by atoms with Gasteiger partial charge in [0.25, 0.3) is 11.5 Å². The van der Waals surface area contributed by atoms with E-state index in [1.807, 2.05) is 55.5 Å². The lowest BCUT2D eigenvalue weighted by Gasteiger charge is -2.13. The van der Waals surface area contributed by atoms with Gasteiger partial charge >= 0.3 is 0 Å². The zero-order chi connectivity index (χ0) is 21.3. The van der Waals surface area contributed by atoms with Crippen LogP contribution in [0.25, 0.3) is 10.2 Å². The molecule has 0 radical (unpaired) electrons. The van der Waals surface area contributed by atoms with Crippen molar-refractivity contribution < 1.29 is 9.53 Å². The second kappa shape index (κ2) is 8.12. The molecule has 0 bridgehead atoms. The van der Waals surface area contributed by atoms with Crippen LogP contribution in [0.2, 0.25) is 0 Å². The quantitative estimate of drug-likeness (QED) is 0.519. The van der Waals surface area contributed by atoms with E-state index in [1.165, 1.54) is 22.2 Å². The Labute approximate surface area is 177 Å². The van der Waals surface area contributed by atoms with Crippen molar-refractivity contribution in [2.24, 2.45) is 7.05 Å². The summed E-state index contributed by atoms with van der Waals surface area (Å²) in [5.41, 5.74) is 3.13. The highest BCUT2D eigenvalue weighted by Crippen LogP contribution is 2.31. The molecule has 0 unspecified atom stereocenters. The number of aromatic nitrogens is 2. The molecule has 0 atom stereocenters. The number of anilines is 1. The first-order valence-electron chi connectivity index (χ1n) is 9.47. The third-order valence-electron chi connectivity index (χ3n) is 4.84. The second-order valence-corrected chi connectivity index (χ2v) is 8.12. The van der Waals surface area contributed by atoms with Crippen molar-refractivity contribution in [1.29, 1.82) is 0 Å². The number of carbonyl (C=O) groups excluding carboxylic acids is 1. The highest BCUT2D eigenvalue weighted by atomic mass is 32.1. The van der Waals surface area contributed by atoms with Gasteiger partial charge in [-0.1, -0.05) is 36.4 Å². The first-order chi connectivity index (χ1) is 14.4. The van der Waals surface area contributed by atoms with Crippen molar-refractivity contribution in [2.45, 2.75) is 20.5 Å². The Morgan fingerprint density at radius 3 is 2.70 bits per heavy atom. The van der Waals surface area contributed by atoms with Gasteiger partial charge in [-0.3, -0.25) is 9.59 Å². The summed E-state index contributed by atoms with van der Waals surface area (Å²) in [6, 6.07) is 15.5. The number of fused-ring (bicyclic) bond motifs is 1. The molecule has 0 saturated heterocycles. The smallest absolute Gasteiger partial charge is 0.266 e. The van der Waals surface area contributed by atoms with Crippen LogP contribution in [0.1, 0.15) is 26.4 Å². The molecule has 0 aliphatic heterocycles. The molecule has 1 N–H and O–H groups in total. The predicted molar refractivity (Wildman–Crippen MR) is 120 cm³/mol. The Morgan fingerprint density at radius 1 is 1.17 bits per heavy atom. The van der Waals surface area contributed by atoms with E-state index in [0.29, 0.717) is 38.7 Å². The minimum Gasteiger partial charge on any atom is -0.487 e. The zero-order valence-electron chi connectivity index (χ0n) is 16.9. The van der Waals surface area contributed by atoms with E-state index in [2.05, 4.69) is 10.3 Å². The van der Waals surface area contributed by atoms with E-state index >= 15 is 0 Å². The summed E-state index contributed by atoms with van der Waals surface area (Å²) in [5, 5.41) is 3.42. The maximum atomic E-state index is 13.0. The standard InChI is InChI=1S/C23H21N3O3S/c1-14-9-10-17(18(11-14)29-12-16-7-5-4-6-8-16)25-21(27)20-15(2)19-22(30-20)24-13-26(3)23(19)28/h4-11,13H,12H2,1-3H3,(H,25,27). The topological polar surface area (TPSA) is 73.2 Å². The normalized spacial score (nSPS) is 10.9. The van der Waals surface area contributed by atoms with Crippen LogP contribution in [0.3, 0.4) is 0 Å². The molecule has 152 valence electrons. The van der Waals surface area contributed by atoms with Gasteiger partial charge in [0, 0.05) is 7.05 Å². The molecule has 7 heteroatoms. The molecule has 30 heavy (non-hydrogen) atoms. The van der Waals surface area contributed by atoms with Gasteiger partial charge in [0.05, 0.1) is 22.3 Å². The molecular weight excluding hydrogens is 398 g/mol. The molecule has 4 aromatic rings. The Hall–Kier alpha value is -3.45. The summed E-state index contributed by atoms with van der Waals surface area (Å²) in [4.78, 5) is 30.8. The summed E-state index contributed by atoms with van der Waals surface area (Å²) >= 11 is 1.22. The number of aryl methyl sites for hydroxylation is 3. The fourth-order valence-corrected chi connectivity index (χ4v) is 4.23. The number of ether oxygens (including phenoxy) is 1. The van der Waals surface area contributed by atoms with Crippen molar-refractivity contribution in [3.63, 3.8) is 0 Å². The minimum atomic E-state index is -0.286. The van der Waals surface area contributed by atoms with Gasteiger partial charge in [-0.25, -0.2) is 4.98 Å². The molecule has 0 spiro atoms. The monoisotopic (exact) mass is 419 g/mol. The van der Waals surface area contributed by atoms with Crippen LogP contribution in [0.5, 0.6) is 5.75 Å². The summed E-state index contributed by atoms with van der Waals surface area (Å²) in [7, 11) is 1.65. The van der Waals surface area contributed by atoms with Crippen molar-refractivity contribution in [3.8, 4) is 5.75 Å². The third-order valence-corrected chi connectivity index (χ3v) is 6.04. The van der Waals surface area contributed by atoms with Crippen LogP contribution in [-0.2, 0) is 13.7 Å². The van der Waals surface area contributed by atoms with Crippen LogP contribution >= 0.6 is 11.3 Å². The Morgan fingerprint density at radius 2 is 1.93 bits per heavy atom. The minimum absolute atomic E-state index is 0.157. The van der Waals surface area contributed by atoms with Crippen molar-refractivity contribution in [3.05, 3.63) is 86.8 Å². The van der Waals surface area contributed by atoms with Crippen LogP contribution in [-0.4, -0.2) is 15.5 Å². The molecule has 0 aliphatic carbocycles. The zero-order valence-corrected chi connectivity index (χ0v) is 17.7. The molecule has 1 amide bonds. The van der Waals surface area contributed by atoms with Crippen LogP contribution < -0.4 is 15.6 Å². The maximum Gasteiger partial charge on any atom is 0.266 e. The largest absolute Gasteiger partial charge is 0.487 e. The summed E-state index contributed by atoms with van der Waals surface area (Å²) in [6.07, 6.45) is 1.47. The Kier molecular flexibility index (Phi) is 5.37. The van der Waals surface area contributed by atoms with E-state index in [0.717, 1.165) is 11.1 Å². The highest BCUT2D eigenvalue weighted by molar-refractivity contribution is 7.20. The van der Waals surface area contributed by atoms with Gasteiger partial charge in [0.15, 0.2) is 0 Å². The van der Waals surface area contributed by atoms with Crippen molar-refractivity contribution >= 4 is 33.1 Å². The van der Waals surface area contributed by atoms with E-state index in [1.54, 1.807) is 14.0 Å². The first kappa shape index (κ1) is 19.8. The lowest BCUT2D eigenvalue weighted by atomic mass is 10.2. The first-order valence-corrected chi connectivity index (χ1v) is 10.3. The molecular formula is C23H21N3O3S. The summed E-state index contributed by atoms with van der Waals surface area (Å²) < 4.78 is 7.40. The number of hydrogen-bond acceptors (Lipinski definition) is 5. The molecule has 2 heterocycles. The van der Waals surface area contributed by atoms with Gasteiger partial charge in [-0.2, -0.15) is 0 Å². The van der Waals surface area contributed by atoms with E-state index < -0.39 is 0 Å². The van der Waals surface area contributed by atoms with Gasteiger partial charge < -0.3 is 14.6 Å². The lowest BCUT2D eigenvalue weighted by Crippen LogP contribution is -2.17. The van der Waals surface area contributed by atoms with Gasteiger partial charge in [-0.05, 0) is 42.7 Å².